The van der Waals surface area contributed by atoms with E-state index in [4.69, 9.17) is 9.47 Å². The Hall–Kier alpha value is -0.390. The van der Waals surface area contributed by atoms with Crippen LogP contribution in [0.1, 0.15) is 58.9 Å². The largest absolute Gasteiger partial charge is 1.00 e. The molecule has 5 amide bonds. The molecule has 0 aromatic heterocycles. The molecule has 0 aliphatic rings. The van der Waals surface area contributed by atoms with Crippen molar-refractivity contribution >= 4 is 41.2 Å². The summed E-state index contributed by atoms with van der Waals surface area (Å²) in [6.45, 7) is 3.09. The molecule has 0 bridgehead atoms. The van der Waals surface area contributed by atoms with Gasteiger partial charge in [-0.05, 0) is 25.3 Å². The van der Waals surface area contributed by atoms with Gasteiger partial charge in [-0.2, -0.15) is 0 Å². The standard InChI is InChI=1S/C28H43N5O8.2Rb.H2/c1-21(34)7-4-3-5-13-32-28(39)41-17-6-16-40-18-15-31-26(37)20-27(38)33-23-10-8-22(9-11-23)19-25(36)30-14-12-24(35)29-2;;;/h8-11H,3-7,12-20H2,1-2H3,(H5,29,30,31,32,33,35,36,37,38,39);;;1H/q;2*+1;/p-2. The van der Waals surface area contributed by atoms with Crippen LogP contribution in [0.25, 0.3) is 10.6 Å². The van der Waals surface area contributed by atoms with E-state index < -0.39 is 24.3 Å². The number of hydrogen-bond acceptors (Lipinski definition) is 8. The Morgan fingerprint density at radius 3 is 2.19 bits per heavy atom. The van der Waals surface area contributed by atoms with Crippen molar-refractivity contribution in [3.05, 3.63) is 40.5 Å². The fraction of sp³-hybridized carbons (Fsp3) is 0.571. The number of amides is 5. The molecule has 0 atom stereocenters. The van der Waals surface area contributed by atoms with Gasteiger partial charge in [0, 0.05) is 60.5 Å². The number of rotatable bonds is 21. The molecule has 0 saturated heterocycles. The zero-order valence-electron chi connectivity index (χ0n) is 25.9. The molecule has 0 saturated carbocycles. The van der Waals surface area contributed by atoms with Gasteiger partial charge in [-0.3, -0.25) is 9.59 Å². The van der Waals surface area contributed by atoms with E-state index in [1.807, 2.05) is 0 Å². The van der Waals surface area contributed by atoms with Gasteiger partial charge >= 0.3 is 122 Å². The molecule has 0 heterocycles. The third kappa shape index (κ3) is 26.5. The minimum atomic E-state index is -0.633. The molecule has 0 aliphatic heterocycles. The molecule has 15 heteroatoms. The van der Waals surface area contributed by atoms with Crippen molar-refractivity contribution in [2.24, 2.45) is 0 Å². The third-order valence-electron chi connectivity index (χ3n) is 5.48. The Balaban J connectivity index is -0.00000560. The van der Waals surface area contributed by atoms with Gasteiger partial charge in [0.25, 0.3) is 0 Å². The quantitative estimate of drug-likeness (QED) is 0.0870. The molecule has 230 valence electrons. The summed E-state index contributed by atoms with van der Waals surface area (Å²) in [5, 5.41) is 15.4. The number of nitrogens with zero attached hydrogens (tertiary/aromatic N) is 2. The van der Waals surface area contributed by atoms with Gasteiger partial charge in [0.1, 0.15) is 5.78 Å². The van der Waals surface area contributed by atoms with Crippen molar-refractivity contribution < 1.29 is 156 Å². The van der Waals surface area contributed by atoms with Crippen molar-refractivity contribution in [2.75, 3.05) is 46.5 Å². The Kier molecular flexibility index (Phi) is 30.2. The second kappa shape index (κ2) is 29.0. The summed E-state index contributed by atoms with van der Waals surface area (Å²) in [4.78, 5) is 69.5. The Morgan fingerprint density at radius 2 is 1.51 bits per heavy atom. The molecule has 0 spiro atoms. The molecule has 13 nitrogen and oxygen atoms in total. The van der Waals surface area contributed by atoms with Gasteiger partial charge in [-0.1, -0.05) is 30.7 Å². The molecule has 1 aromatic rings. The van der Waals surface area contributed by atoms with Crippen LogP contribution in [0.3, 0.4) is 0 Å². The number of nitrogens with one attached hydrogen (secondary N) is 3. The molecule has 3 N–H and O–H groups in total. The maximum Gasteiger partial charge on any atom is 1.00 e. The van der Waals surface area contributed by atoms with Crippen LogP contribution in [0.5, 0.6) is 0 Å². The average molecular weight is 749 g/mol. The summed E-state index contributed by atoms with van der Waals surface area (Å²) in [7, 11) is 1.53. The van der Waals surface area contributed by atoms with Crippen molar-refractivity contribution in [3.8, 4) is 0 Å². The molecule has 43 heavy (non-hydrogen) atoms. The van der Waals surface area contributed by atoms with Gasteiger partial charge in [-0.25, -0.2) is 4.79 Å². The van der Waals surface area contributed by atoms with Crippen molar-refractivity contribution in [3.63, 3.8) is 0 Å². The van der Waals surface area contributed by atoms with Crippen LogP contribution in [-0.2, 0) is 39.9 Å². The van der Waals surface area contributed by atoms with E-state index in [1.54, 1.807) is 31.2 Å². The summed E-state index contributed by atoms with van der Waals surface area (Å²) in [6.07, 6.45) is 2.87. The van der Waals surface area contributed by atoms with Crippen LogP contribution in [-0.4, -0.2) is 82.0 Å². The number of alkyl carbamates (subject to hydrolysis) is 1. The number of carbonyl (C=O) groups excluding carboxylic acids is 6. The van der Waals surface area contributed by atoms with Gasteiger partial charge in [0.15, 0.2) is 0 Å². The summed E-state index contributed by atoms with van der Waals surface area (Å²) in [5.41, 5.74) is 1.07. The zero-order valence-corrected chi connectivity index (χ0v) is 35.7. The maximum atomic E-state index is 12.0. The van der Waals surface area contributed by atoms with Crippen molar-refractivity contribution in [1.82, 2.24) is 16.0 Å². The van der Waals surface area contributed by atoms with E-state index in [2.05, 4.69) is 26.6 Å². The van der Waals surface area contributed by atoms with E-state index in [0.29, 0.717) is 37.2 Å². The second-order valence-electron chi connectivity index (χ2n) is 9.12. The van der Waals surface area contributed by atoms with Gasteiger partial charge in [0.05, 0.1) is 24.8 Å². The van der Waals surface area contributed by atoms with E-state index in [9.17, 15) is 28.8 Å². The molecule has 0 fully saturated rings. The van der Waals surface area contributed by atoms with Crippen LogP contribution in [0, 0.1) is 0 Å². The summed E-state index contributed by atoms with van der Waals surface area (Å²) in [6, 6.07) is 6.47. The normalized spacial score (nSPS) is 9.81. The fourth-order valence-electron chi connectivity index (χ4n) is 3.33. The first kappa shape index (κ1) is 44.7. The van der Waals surface area contributed by atoms with E-state index in [0.717, 1.165) is 19.3 Å². The minimum absolute atomic E-state index is 0. The monoisotopic (exact) mass is 747 g/mol. The number of Topliss-reactive ketones (excluding diaryl/α,β-unsaturated/α-hetero) is 1. The predicted molar refractivity (Wildman–Crippen MR) is 154 cm³/mol. The van der Waals surface area contributed by atoms with E-state index in [-0.39, 0.29) is 175 Å². The molecule has 0 radical (unpaired) electrons. The number of ether oxygens (including phenoxy) is 2. The zero-order chi connectivity index (χ0) is 30.3. The molecular formula is C28H43N5O8Rb2. The molecular weight excluding hydrogens is 705 g/mol. The number of benzene rings is 1. The van der Waals surface area contributed by atoms with Crippen molar-refractivity contribution in [2.45, 2.75) is 58.3 Å². The molecule has 1 aromatic carbocycles. The Morgan fingerprint density at radius 1 is 0.791 bits per heavy atom. The van der Waals surface area contributed by atoms with E-state index >= 15 is 0 Å². The number of unbranched alkanes of at least 4 members (excludes halogenated alkanes) is 2. The van der Waals surface area contributed by atoms with Crippen LogP contribution in [0.2, 0.25) is 0 Å². The first-order chi connectivity index (χ1) is 19.7. The second-order valence-corrected chi connectivity index (χ2v) is 9.12. The summed E-state index contributed by atoms with van der Waals surface area (Å²) >= 11 is 0. The smallest absolute Gasteiger partial charge is 0.651 e. The summed E-state index contributed by atoms with van der Waals surface area (Å²) in [5.74, 6) is -1.46. The fourth-order valence-corrected chi connectivity index (χ4v) is 3.33. The van der Waals surface area contributed by atoms with Crippen LogP contribution in [0.15, 0.2) is 24.3 Å². The first-order valence-electron chi connectivity index (χ1n) is 13.7. The van der Waals surface area contributed by atoms with Gasteiger partial charge in [-0.15, -0.1) is 12.2 Å². The molecule has 0 aliphatic carbocycles. The predicted octanol–water partition coefficient (Wildman–Crippen LogP) is -3.16. The SMILES string of the molecule is CNC(=O)CCNC(=O)Cc1ccc([N-]C(=O)CC(=O)[N-]CCOCCCOC(=O)NCCCCCC(C)=O)cc1.[HH].[Rb+].[Rb+]. The molecule has 0 unspecified atom stereocenters. The van der Waals surface area contributed by atoms with Crippen LogP contribution < -0.4 is 132 Å². The maximum absolute atomic E-state index is 12.0. The van der Waals surface area contributed by atoms with Gasteiger partial charge in [0.2, 0.25) is 11.8 Å². The Labute approximate surface area is 352 Å². The van der Waals surface area contributed by atoms with Crippen LogP contribution >= 0.6 is 0 Å². The summed E-state index contributed by atoms with van der Waals surface area (Å²) < 4.78 is 10.4. The van der Waals surface area contributed by atoms with Crippen molar-refractivity contribution in [1.29, 1.82) is 0 Å². The first-order valence-corrected chi connectivity index (χ1v) is 13.7. The number of ketones is 1. The number of hydrogen-bond donors (Lipinski definition) is 3. The van der Waals surface area contributed by atoms with Gasteiger partial charge < -0.3 is 50.4 Å². The third-order valence-corrected chi connectivity index (χ3v) is 5.48. The number of carbonyl (C=O) groups is 6. The van der Waals surface area contributed by atoms with E-state index in [1.165, 1.54) is 7.05 Å². The van der Waals surface area contributed by atoms with Crippen LogP contribution in [0.4, 0.5) is 10.5 Å². The Bertz CT molecular complexity index is 1000. The minimum Gasteiger partial charge on any atom is -0.651 e. The topological polar surface area (TPSA) is 185 Å². The average Bonchev–Trinajstić information content (AvgIpc) is 2.92. The molecule has 1 rings (SSSR count).